The fraction of sp³-hybridized carbons (Fsp3) is 0.417. The molecule has 1 aromatic rings. The van der Waals surface area contributed by atoms with E-state index in [9.17, 15) is 8.78 Å². The number of ether oxygens (including phenoxy) is 1. The highest BCUT2D eigenvalue weighted by molar-refractivity contribution is 5.93. The molecule has 0 saturated carbocycles. The first-order chi connectivity index (χ1) is 9.17. The maximum atomic E-state index is 13.4. The molecule has 1 aromatic carbocycles. The van der Waals surface area contributed by atoms with Gasteiger partial charge in [0.25, 0.3) is 0 Å². The van der Waals surface area contributed by atoms with Gasteiger partial charge in [-0.2, -0.15) is 0 Å². The molecule has 0 amide bonds. The molecule has 0 unspecified atom stereocenters. The Hall–Kier alpha value is -1.73. The molecular weight excluding hydrogens is 254 g/mol. The molecule has 0 aromatic heterocycles. The van der Waals surface area contributed by atoms with Gasteiger partial charge in [0.05, 0.1) is 5.69 Å². The van der Waals surface area contributed by atoms with Gasteiger partial charge in [-0.15, -0.1) is 0 Å². The van der Waals surface area contributed by atoms with Gasteiger partial charge in [0.15, 0.2) is 0 Å². The first-order valence-electron chi connectivity index (χ1n) is 5.98. The summed E-state index contributed by atoms with van der Waals surface area (Å²) < 4.78 is 31.5. The number of hydrogen-bond acceptors (Lipinski definition) is 3. The number of nitrogens with two attached hydrogens (primary N) is 1. The van der Waals surface area contributed by atoms with Crippen LogP contribution in [-0.4, -0.2) is 25.7 Å². The summed E-state index contributed by atoms with van der Waals surface area (Å²) in [6.45, 7) is 3.61. The molecule has 0 fully saturated rings. The van der Waals surface area contributed by atoms with Crippen LogP contribution in [0.3, 0.4) is 0 Å². The smallest absolute Gasteiger partial charge is 0.210 e. The topological polar surface area (TPSA) is 71.7 Å². The van der Waals surface area contributed by atoms with E-state index in [-0.39, 0.29) is 11.6 Å². The highest BCUT2D eigenvalue weighted by atomic mass is 19.1. The van der Waals surface area contributed by atoms with Crippen LogP contribution in [0.25, 0.3) is 0 Å². The number of guanidine groups is 1. The molecule has 0 bridgehead atoms. The summed E-state index contributed by atoms with van der Waals surface area (Å²) in [5, 5.41) is 2.59. The third-order valence-electron chi connectivity index (χ3n) is 2.24. The maximum Gasteiger partial charge on any atom is 0.210 e. The number of hydrogen-bond donors (Lipinski definition) is 3. The van der Waals surface area contributed by atoms with E-state index in [1.165, 1.54) is 0 Å². The van der Waals surface area contributed by atoms with Crippen LogP contribution in [0.5, 0.6) is 0 Å². The monoisotopic (exact) mass is 272 g/mol. The Balaban J connectivity index is 2.55. The minimum atomic E-state index is -0.585. The Labute approximate surface area is 110 Å². The van der Waals surface area contributed by atoms with Gasteiger partial charge in [0.2, 0.25) is 5.96 Å². The van der Waals surface area contributed by atoms with E-state index in [1.807, 2.05) is 6.92 Å². The molecular formula is C12H18F2N4O. The van der Waals surface area contributed by atoms with Crippen molar-refractivity contribution in [3.8, 4) is 0 Å². The largest absolute Gasteiger partial charge is 0.382 e. The van der Waals surface area contributed by atoms with Crippen LogP contribution in [0.4, 0.5) is 14.5 Å². The lowest BCUT2D eigenvalue weighted by Crippen LogP contribution is -2.36. The van der Waals surface area contributed by atoms with Crippen LogP contribution in [0, 0.1) is 11.6 Å². The fourth-order valence-electron chi connectivity index (χ4n) is 1.34. The van der Waals surface area contributed by atoms with Gasteiger partial charge in [0, 0.05) is 25.8 Å². The van der Waals surface area contributed by atoms with Gasteiger partial charge in [0.1, 0.15) is 11.6 Å². The molecule has 5 nitrogen and oxygen atoms in total. The van der Waals surface area contributed by atoms with Gasteiger partial charge in [-0.05, 0) is 25.5 Å². The Kier molecular flexibility index (Phi) is 6.76. The van der Waals surface area contributed by atoms with Gasteiger partial charge in [-0.1, -0.05) is 0 Å². The predicted octanol–water partition coefficient (Wildman–Crippen LogP) is 1.62. The highest BCUT2D eigenvalue weighted by Gasteiger charge is 2.05. The van der Waals surface area contributed by atoms with Gasteiger partial charge < -0.3 is 10.1 Å². The van der Waals surface area contributed by atoms with Crippen LogP contribution in [0.1, 0.15) is 13.3 Å². The second-order valence-electron chi connectivity index (χ2n) is 3.67. The summed E-state index contributed by atoms with van der Waals surface area (Å²) in [6, 6.07) is 3.10. The molecule has 1 rings (SSSR count). The Morgan fingerprint density at radius 3 is 2.89 bits per heavy atom. The lowest BCUT2D eigenvalue weighted by Gasteiger charge is -2.10. The summed E-state index contributed by atoms with van der Waals surface area (Å²) in [4.78, 5) is 4.08. The summed E-state index contributed by atoms with van der Waals surface area (Å²) in [5.41, 5.74) is 2.27. The van der Waals surface area contributed by atoms with Crippen molar-refractivity contribution in [3.63, 3.8) is 0 Å². The van der Waals surface area contributed by atoms with Gasteiger partial charge in [-0.25, -0.2) is 14.6 Å². The minimum absolute atomic E-state index is 0.0264. The highest BCUT2D eigenvalue weighted by Crippen LogP contribution is 2.14. The van der Waals surface area contributed by atoms with Crippen LogP contribution >= 0.6 is 0 Å². The first-order valence-corrected chi connectivity index (χ1v) is 5.98. The summed E-state index contributed by atoms with van der Waals surface area (Å²) in [6.07, 6.45) is 0.715. The third kappa shape index (κ3) is 5.62. The molecule has 0 heterocycles. The average molecular weight is 272 g/mol. The predicted molar refractivity (Wildman–Crippen MR) is 70.7 cm³/mol. The second kappa shape index (κ2) is 8.39. The van der Waals surface area contributed by atoms with E-state index < -0.39 is 11.6 Å². The van der Waals surface area contributed by atoms with Crippen molar-refractivity contribution in [1.82, 2.24) is 5.43 Å². The minimum Gasteiger partial charge on any atom is -0.382 e. The first kappa shape index (κ1) is 15.3. The zero-order valence-electron chi connectivity index (χ0n) is 10.7. The van der Waals surface area contributed by atoms with Crippen LogP contribution in [-0.2, 0) is 4.74 Å². The molecule has 0 saturated heterocycles. The van der Waals surface area contributed by atoms with E-state index >= 15 is 0 Å². The van der Waals surface area contributed by atoms with Crippen molar-refractivity contribution >= 4 is 11.6 Å². The van der Waals surface area contributed by atoms with Crippen molar-refractivity contribution in [1.29, 1.82) is 0 Å². The molecule has 106 valence electrons. The molecule has 0 radical (unpaired) electrons. The molecule has 0 spiro atoms. The molecule has 7 heteroatoms. The Morgan fingerprint density at radius 2 is 2.21 bits per heavy atom. The molecule has 0 atom stereocenters. The van der Waals surface area contributed by atoms with E-state index in [4.69, 9.17) is 10.6 Å². The van der Waals surface area contributed by atoms with Crippen LogP contribution in [0.15, 0.2) is 23.2 Å². The van der Waals surface area contributed by atoms with Crippen LogP contribution < -0.4 is 16.6 Å². The summed E-state index contributed by atoms with van der Waals surface area (Å²) in [5.74, 6) is 4.30. The van der Waals surface area contributed by atoms with Crippen molar-refractivity contribution in [2.75, 3.05) is 25.1 Å². The third-order valence-corrected chi connectivity index (χ3v) is 2.24. The van der Waals surface area contributed by atoms with Gasteiger partial charge in [-0.3, -0.25) is 10.4 Å². The number of anilines is 1. The lowest BCUT2D eigenvalue weighted by atomic mass is 10.3. The van der Waals surface area contributed by atoms with E-state index in [1.54, 1.807) is 0 Å². The second-order valence-corrected chi connectivity index (χ2v) is 3.67. The number of hydrazine groups is 1. The number of nitrogens with zero attached hydrogens (tertiary/aromatic N) is 1. The van der Waals surface area contributed by atoms with E-state index in [0.29, 0.717) is 26.2 Å². The molecule has 0 aliphatic rings. The summed E-state index contributed by atoms with van der Waals surface area (Å²) >= 11 is 0. The Bertz CT molecular complexity index is 426. The summed E-state index contributed by atoms with van der Waals surface area (Å²) in [7, 11) is 0. The zero-order valence-corrected chi connectivity index (χ0v) is 10.7. The number of nitrogens with one attached hydrogen (secondary N) is 2. The van der Waals surface area contributed by atoms with Crippen molar-refractivity contribution in [2.45, 2.75) is 13.3 Å². The quantitative estimate of drug-likeness (QED) is 0.242. The lowest BCUT2D eigenvalue weighted by molar-refractivity contribution is 0.146. The van der Waals surface area contributed by atoms with Crippen molar-refractivity contribution in [2.24, 2.45) is 10.8 Å². The molecule has 0 aliphatic heterocycles. The van der Waals surface area contributed by atoms with Crippen molar-refractivity contribution < 1.29 is 13.5 Å². The fourth-order valence-corrected chi connectivity index (χ4v) is 1.34. The molecule has 0 aliphatic carbocycles. The van der Waals surface area contributed by atoms with Gasteiger partial charge >= 0.3 is 0 Å². The van der Waals surface area contributed by atoms with Crippen molar-refractivity contribution in [3.05, 3.63) is 29.8 Å². The molecule has 19 heavy (non-hydrogen) atoms. The van der Waals surface area contributed by atoms with E-state index in [2.05, 4.69) is 15.7 Å². The standard InChI is InChI=1S/C12H18F2N4O/c1-2-19-7-3-6-16-12(18-15)17-11-8-9(13)4-5-10(11)14/h4-5,8H,2-3,6-7,15H2,1H3,(H2,16,17,18). The maximum absolute atomic E-state index is 13.4. The zero-order chi connectivity index (χ0) is 14.1. The normalized spacial score (nSPS) is 11.5. The van der Waals surface area contributed by atoms with Crippen LogP contribution in [0.2, 0.25) is 0 Å². The number of aliphatic imine (C=N–C) groups is 1. The SMILES string of the molecule is CCOCCCN=C(NN)Nc1cc(F)ccc1F. The Morgan fingerprint density at radius 1 is 1.42 bits per heavy atom. The number of halogens is 2. The molecule has 4 N–H and O–H groups in total. The number of benzene rings is 1. The number of rotatable bonds is 6. The van der Waals surface area contributed by atoms with E-state index in [0.717, 1.165) is 18.2 Å². The average Bonchev–Trinajstić information content (AvgIpc) is 2.41.